The van der Waals surface area contributed by atoms with Crippen LogP contribution in [0, 0.1) is 11.6 Å². The van der Waals surface area contributed by atoms with Crippen molar-refractivity contribution in [3.8, 4) is 0 Å². The number of benzene rings is 3. The summed E-state index contributed by atoms with van der Waals surface area (Å²) in [6.07, 6.45) is 0.449. The summed E-state index contributed by atoms with van der Waals surface area (Å²) in [5.74, 6) is -2.33. The van der Waals surface area contributed by atoms with Crippen LogP contribution >= 0.6 is 0 Å². The smallest absolute Gasteiger partial charge is 0.266 e. The standard InChI is InChI=1S/C23H16F2N2O3/c24-16-5-7-18(8-6-16)27-22(29)19-9-4-15(13-20(19)23(27)30)21(28)26-11-10-14-2-1-3-17(25)12-14/h1-9,12-13H,10-11H2,(H,26,28). The van der Waals surface area contributed by atoms with E-state index in [1.54, 1.807) is 12.1 Å². The van der Waals surface area contributed by atoms with Crippen LogP contribution in [0.3, 0.4) is 0 Å². The highest BCUT2D eigenvalue weighted by molar-refractivity contribution is 6.34. The molecule has 7 heteroatoms. The van der Waals surface area contributed by atoms with Crippen LogP contribution in [-0.4, -0.2) is 24.3 Å². The Morgan fingerprint density at radius 2 is 1.57 bits per heavy atom. The summed E-state index contributed by atoms with van der Waals surface area (Å²) >= 11 is 0. The van der Waals surface area contributed by atoms with Gasteiger partial charge in [-0.25, -0.2) is 13.7 Å². The Morgan fingerprint density at radius 3 is 2.30 bits per heavy atom. The first kappa shape index (κ1) is 19.4. The number of rotatable bonds is 5. The van der Waals surface area contributed by atoms with Gasteiger partial charge in [-0.3, -0.25) is 14.4 Å². The molecule has 0 fully saturated rings. The molecule has 0 radical (unpaired) electrons. The largest absolute Gasteiger partial charge is 0.352 e. The van der Waals surface area contributed by atoms with Crippen LogP contribution in [0.5, 0.6) is 0 Å². The minimum atomic E-state index is -0.573. The Kier molecular flexibility index (Phi) is 5.10. The van der Waals surface area contributed by atoms with Crippen molar-refractivity contribution < 1.29 is 23.2 Å². The van der Waals surface area contributed by atoms with Crippen molar-refractivity contribution in [1.82, 2.24) is 5.32 Å². The zero-order chi connectivity index (χ0) is 21.3. The number of halogens is 2. The van der Waals surface area contributed by atoms with Crippen LogP contribution in [0.4, 0.5) is 14.5 Å². The molecule has 0 saturated heterocycles. The first-order chi connectivity index (χ1) is 14.4. The van der Waals surface area contributed by atoms with Gasteiger partial charge in [-0.15, -0.1) is 0 Å². The van der Waals surface area contributed by atoms with E-state index in [0.717, 1.165) is 22.6 Å². The van der Waals surface area contributed by atoms with Gasteiger partial charge in [-0.05, 0) is 66.6 Å². The summed E-state index contributed by atoms with van der Waals surface area (Å²) < 4.78 is 26.4. The number of carbonyl (C=O) groups is 3. The van der Waals surface area contributed by atoms with Crippen molar-refractivity contribution in [3.05, 3.63) is 101 Å². The number of fused-ring (bicyclic) bond motifs is 1. The molecule has 0 spiro atoms. The molecule has 150 valence electrons. The third-order valence-corrected chi connectivity index (χ3v) is 4.82. The Labute approximate surface area is 170 Å². The third-order valence-electron chi connectivity index (χ3n) is 4.82. The number of nitrogens with one attached hydrogen (secondary N) is 1. The third kappa shape index (κ3) is 3.69. The van der Waals surface area contributed by atoms with Gasteiger partial charge in [0.25, 0.3) is 17.7 Å². The molecule has 4 rings (SSSR count). The van der Waals surface area contributed by atoms with Gasteiger partial charge in [0.05, 0.1) is 16.8 Å². The Balaban J connectivity index is 1.48. The van der Waals surface area contributed by atoms with Crippen molar-refractivity contribution in [1.29, 1.82) is 0 Å². The van der Waals surface area contributed by atoms with Crippen LogP contribution < -0.4 is 10.2 Å². The molecule has 3 amide bonds. The first-order valence-corrected chi connectivity index (χ1v) is 9.25. The lowest BCUT2D eigenvalue weighted by Crippen LogP contribution is -2.29. The summed E-state index contributed by atoms with van der Waals surface area (Å²) in [6, 6.07) is 15.4. The Hall–Kier alpha value is -3.87. The molecule has 0 saturated carbocycles. The summed E-state index contributed by atoms with van der Waals surface area (Å²) in [6.45, 7) is 0.286. The van der Waals surface area contributed by atoms with Crippen molar-refractivity contribution in [3.63, 3.8) is 0 Å². The quantitative estimate of drug-likeness (QED) is 0.657. The predicted molar refractivity (Wildman–Crippen MR) is 106 cm³/mol. The van der Waals surface area contributed by atoms with Crippen LogP contribution in [-0.2, 0) is 6.42 Å². The SMILES string of the molecule is O=C(NCCc1cccc(F)c1)c1ccc2c(c1)C(=O)N(c1ccc(F)cc1)C2=O. The van der Waals surface area contributed by atoms with Crippen LogP contribution in [0.1, 0.15) is 36.6 Å². The number of anilines is 1. The maximum atomic E-state index is 13.2. The summed E-state index contributed by atoms with van der Waals surface area (Å²) in [5, 5.41) is 2.72. The average Bonchev–Trinajstić information content (AvgIpc) is 2.98. The molecule has 1 N–H and O–H groups in total. The van der Waals surface area contributed by atoms with E-state index < -0.39 is 23.5 Å². The van der Waals surface area contributed by atoms with Crippen LogP contribution in [0.2, 0.25) is 0 Å². The molecule has 5 nitrogen and oxygen atoms in total. The highest BCUT2D eigenvalue weighted by Crippen LogP contribution is 2.29. The van der Waals surface area contributed by atoms with E-state index in [9.17, 15) is 23.2 Å². The minimum absolute atomic E-state index is 0.113. The molecule has 0 aliphatic carbocycles. The van der Waals surface area contributed by atoms with E-state index in [1.165, 1.54) is 42.5 Å². The van der Waals surface area contributed by atoms with Crippen molar-refractivity contribution in [2.24, 2.45) is 0 Å². The first-order valence-electron chi connectivity index (χ1n) is 9.25. The Bertz CT molecular complexity index is 1160. The number of nitrogens with zero attached hydrogens (tertiary/aromatic N) is 1. The maximum absolute atomic E-state index is 13.2. The fourth-order valence-corrected chi connectivity index (χ4v) is 3.32. The van der Waals surface area contributed by atoms with Gasteiger partial charge < -0.3 is 5.32 Å². The van der Waals surface area contributed by atoms with Crippen LogP contribution in [0.15, 0.2) is 66.7 Å². The monoisotopic (exact) mass is 406 g/mol. The van der Waals surface area contributed by atoms with Gasteiger partial charge >= 0.3 is 0 Å². The molecule has 0 unspecified atom stereocenters. The number of amides is 3. The van der Waals surface area contributed by atoms with E-state index in [0.29, 0.717) is 6.42 Å². The maximum Gasteiger partial charge on any atom is 0.266 e. The van der Waals surface area contributed by atoms with Gasteiger partial charge in [-0.1, -0.05) is 12.1 Å². The lowest BCUT2D eigenvalue weighted by molar-refractivity contribution is 0.0923. The summed E-state index contributed by atoms with van der Waals surface area (Å²) in [4.78, 5) is 38.7. The molecule has 0 atom stereocenters. The molecule has 1 aliphatic rings. The summed E-state index contributed by atoms with van der Waals surface area (Å²) in [5.41, 5.74) is 1.53. The zero-order valence-corrected chi connectivity index (χ0v) is 15.7. The van der Waals surface area contributed by atoms with E-state index in [1.807, 2.05) is 0 Å². The van der Waals surface area contributed by atoms with E-state index >= 15 is 0 Å². The fourth-order valence-electron chi connectivity index (χ4n) is 3.32. The van der Waals surface area contributed by atoms with Crippen molar-refractivity contribution in [2.75, 3.05) is 11.4 Å². The van der Waals surface area contributed by atoms with E-state index in [-0.39, 0.29) is 34.7 Å². The molecule has 3 aromatic carbocycles. The van der Waals surface area contributed by atoms with Crippen molar-refractivity contribution >= 4 is 23.4 Å². The summed E-state index contributed by atoms with van der Waals surface area (Å²) in [7, 11) is 0. The molecular formula is C23H16F2N2O3. The van der Waals surface area contributed by atoms with Crippen LogP contribution in [0.25, 0.3) is 0 Å². The second kappa shape index (κ2) is 7.87. The number of hydrogen-bond acceptors (Lipinski definition) is 3. The molecule has 1 aliphatic heterocycles. The molecule has 3 aromatic rings. The van der Waals surface area contributed by atoms with Gasteiger partial charge in [0.15, 0.2) is 0 Å². The molecule has 1 heterocycles. The number of imide groups is 1. The second-order valence-corrected chi connectivity index (χ2v) is 6.82. The second-order valence-electron chi connectivity index (χ2n) is 6.82. The fraction of sp³-hybridized carbons (Fsp3) is 0.0870. The van der Waals surface area contributed by atoms with E-state index in [4.69, 9.17) is 0 Å². The normalized spacial score (nSPS) is 12.8. The minimum Gasteiger partial charge on any atom is -0.352 e. The highest BCUT2D eigenvalue weighted by Gasteiger charge is 2.37. The van der Waals surface area contributed by atoms with Gasteiger partial charge in [0, 0.05) is 12.1 Å². The molecule has 0 bridgehead atoms. The lowest BCUT2D eigenvalue weighted by atomic mass is 10.1. The van der Waals surface area contributed by atoms with Gasteiger partial charge in [-0.2, -0.15) is 0 Å². The molecular weight excluding hydrogens is 390 g/mol. The highest BCUT2D eigenvalue weighted by atomic mass is 19.1. The topological polar surface area (TPSA) is 66.5 Å². The average molecular weight is 406 g/mol. The zero-order valence-electron chi connectivity index (χ0n) is 15.7. The Morgan fingerprint density at radius 1 is 0.833 bits per heavy atom. The van der Waals surface area contributed by atoms with Crippen molar-refractivity contribution in [2.45, 2.75) is 6.42 Å². The van der Waals surface area contributed by atoms with E-state index in [2.05, 4.69) is 5.32 Å². The lowest BCUT2D eigenvalue weighted by Gasteiger charge is -2.13. The number of hydrogen-bond donors (Lipinski definition) is 1. The number of carbonyl (C=O) groups excluding carboxylic acids is 3. The van der Waals surface area contributed by atoms with Gasteiger partial charge in [0.1, 0.15) is 11.6 Å². The molecule has 0 aromatic heterocycles. The molecule has 30 heavy (non-hydrogen) atoms. The van der Waals surface area contributed by atoms with Gasteiger partial charge in [0.2, 0.25) is 0 Å². The predicted octanol–water partition coefficient (Wildman–Crippen LogP) is 3.74.